The fraction of sp³-hybridized carbons (Fsp3) is 0.182. The van der Waals surface area contributed by atoms with E-state index >= 15 is 0 Å². The van der Waals surface area contributed by atoms with Gasteiger partial charge in [-0.2, -0.15) is 5.10 Å². The van der Waals surface area contributed by atoms with E-state index in [4.69, 9.17) is 10.5 Å². The molecule has 2 N–H and O–H groups in total. The zero-order valence-electron chi connectivity index (χ0n) is 9.33. The molecule has 2 heterocycles. The van der Waals surface area contributed by atoms with Crippen molar-refractivity contribution in [3.63, 3.8) is 0 Å². The number of hydrogen-bond donors (Lipinski definition) is 1. The zero-order chi connectivity index (χ0) is 12.3. The summed E-state index contributed by atoms with van der Waals surface area (Å²) in [6.07, 6.45) is 1.43. The average molecular weight is 232 g/mol. The molecule has 0 amide bonds. The summed E-state index contributed by atoms with van der Waals surface area (Å²) in [5.74, 6) is 0.506. The van der Waals surface area contributed by atoms with Crippen LogP contribution in [-0.2, 0) is 6.54 Å². The van der Waals surface area contributed by atoms with Gasteiger partial charge in [0.2, 0.25) is 5.88 Å². The van der Waals surface area contributed by atoms with Gasteiger partial charge in [0.25, 0.3) is 5.56 Å². The maximum atomic E-state index is 11.6. The summed E-state index contributed by atoms with van der Waals surface area (Å²) >= 11 is 0. The van der Waals surface area contributed by atoms with Crippen molar-refractivity contribution >= 4 is 5.69 Å². The first-order valence-electron chi connectivity index (χ1n) is 5.01. The van der Waals surface area contributed by atoms with Crippen LogP contribution in [0.15, 0.2) is 35.3 Å². The number of nitrogens with two attached hydrogens (primary N) is 1. The van der Waals surface area contributed by atoms with Gasteiger partial charge in [0, 0.05) is 12.1 Å². The van der Waals surface area contributed by atoms with Crippen LogP contribution in [-0.4, -0.2) is 21.9 Å². The van der Waals surface area contributed by atoms with Gasteiger partial charge < -0.3 is 10.5 Å². The summed E-state index contributed by atoms with van der Waals surface area (Å²) in [7, 11) is 1.54. The van der Waals surface area contributed by atoms with E-state index in [0.717, 1.165) is 0 Å². The lowest BCUT2D eigenvalue weighted by Crippen LogP contribution is -2.23. The molecule has 0 radical (unpaired) electrons. The van der Waals surface area contributed by atoms with Crippen LogP contribution in [0.2, 0.25) is 0 Å². The summed E-state index contributed by atoms with van der Waals surface area (Å²) < 4.78 is 6.29. The maximum absolute atomic E-state index is 11.6. The number of hydrogen-bond acceptors (Lipinski definition) is 5. The highest BCUT2D eigenvalue weighted by atomic mass is 16.5. The molecule has 6 heteroatoms. The van der Waals surface area contributed by atoms with Crippen LogP contribution < -0.4 is 16.0 Å². The van der Waals surface area contributed by atoms with Gasteiger partial charge in [-0.25, -0.2) is 9.67 Å². The van der Waals surface area contributed by atoms with Crippen LogP contribution >= 0.6 is 0 Å². The van der Waals surface area contributed by atoms with Crippen molar-refractivity contribution in [3.05, 3.63) is 46.5 Å². The molecule has 0 spiro atoms. The molecule has 2 aromatic heterocycles. The average Bonchev–Trinajstić information content (AvgIpc) is 2.33. The van der Waals surface area contributed by atoms with Crippen molar-refractivity contribution in [1.82, 2.24) is 14.8 Å². The van der Waals surface area contributed by atoms with E-state index in [-0.39, 0.29) is 12.1 Å². The van der Waals surface area contributed by atoms with Crippen LogP contribution in [0.25, 0.3) is 0 Å². The monoisotopic (exact) mass is 232 g/mol. The fourth-order valence-corrected chi connectivity index (χ4v) is 1.38. The molecule has 2 aromatic rings. The number of nitrogen functional groups attached to an aromatic ring is 1. The van der Waals surface area contributed by atoms with Gasteiger partial charge in [-0.05, 0) is 6.07 Å². The summed E-state index contributed by atoms with van der Waals surface area (Å²) in [6.45, 7) is 0.288. The van der Waals surface area contributed by atoms with Gasteiger partial charge in [0.05, 0.1) is 31.2 Å². The Balaban J connectivity index is 2.28. The SMILES string of the molecule is COc1cccc(Cn2ncc(N)cc2=O)n1. The van der Waals surface area contributed by atoms with Crippen LogP contribution in [0.4, 0.5) is 5.69 Å². The Bertz CT molecular complexity index is 580. The van der Waals surface area contributed by atoms with Crippen LogP contribution in [0.3, 0.4) is 0 Å². The Hall–Kier alpha value is -2.37. The summed E-state index contributed by atoms with van der Waals surface area (Å²) in [5.41, 5.74) is 6.25. The molecule has 0 unspecified atom stereocenters. The molecule has 0 aliphatic heterocycles. The van der Waals surface area contributed by atoms with Crippen LogP contribution in [0.1, 0.15) is 5.69 Å². The molecule has 0 saturated heterocycles. The molecular formula is C11H12N4O2. The fourth-order valence-electron chi connectivity index (χ4n) is 1.38. The van der Waals surface area contributed by atoms with Crippen molar-refractivity contribution in [1.29, 1.82) is 0 Å². The van der Waals surface area contributed by atoms with E-state index in [1.165, 1.54) is 16.9 Å². The number of anilines is 1. The van der Waals surface area contributed by atoms with Crippen molar-refractivity contribution in [2.24, 2.45) is 0 Å². The topological polar surface area (TPSA) is 83.0 Å². The largest absolute Gasteiger partial charge is 0.481 e. The third-order valence-corrected chi connectivity index (χ3v) is 2.19. The first-order valence-corrected chi connectivity index (χ1v) is 5.01. The van der Waals surface area contributed by atoms with E-state index in [2.05, 4.69) is 10.1 Å². The molecule has 0 aromatic carbocycles. The number of rotatable bonds is 3. The number of aromatic nitrogens is 3. The highest BCUT2D eigenvalue weighted by molar-refractivity contribution is 5.31. The molecule has 6 nitrogen and oxygen atoms in total. The minimum absolute atomic E-state index is 0.255. The molecule has 2 rings (SSSR count). The Labute approximate surface area is 97.7 Å². The summed E-state index contributed by atoms with van der Waals surface area (Å²) in [5, 5.41) is 3.93. The Morgan fingerprint density at radius 2 is 2.29 bits per heavy atom. The molecule has 0 saturated carbocycles. The third kappa shape index (κ3) is 2.60. The van der Waals surface area contributed by atoms with Gasteiger partial charge in [-0.1, -0.05) is 6.07 Å². The van der Waals surface area contributed by atoms with Crippen molar-refractivity contribution in [2.75, 3.05) is 12.8 Å². The minimum atomic E-state index is -0.255. The van der Waals surface area contributed by atoms with Crippen molar-refractivity contribution in [2.45, 2.75) is 6.54 Å². The highest BCUT2D eigenvalue weighted by Gasteiger charge is 2.02. The molecule has 0 aliphatic rings. The van der Waals surface area contributed by atoms with Gasteiger partial charge in [0.1, 0.15) is 0 Å². The molecule has 0 aliphatic carbocycles. The van der Waals surface area contributed by atoms with Gasteiger partial charge in [-0.15, -0.1) is 0 Å². The van der Waals surface area contributed by atoms with E-state index < -0.39 is 0 Å². The smallest absolute Gasteiger partial charge is 0.269 e. The number of methoxy groups -OCH3 is 1. The molecule has 0 fully saturated rings. The number of nitrogens with zero attached hydrogens (tertiary/aromatic N) is 3. The second-order valence-corrected chi connectivity index (χ2v) is 3.46. The molecule has 0 atom stereocenters. The lowest BCUT2D eigenvalue weighted by atomic mass is 10.3. The van der Waals surface area contributed by atoms with E-state index in [0.29, 0.717) is 17.3 Å². The van der Waals surface area contributed by atoms with Crippen molar-refractivity contribution in [3.8, 4) is 5.88 Å². The van der Waals surface area contributed by atoms with Gasteiger partial charge in [0.15, 0.2) is 0 Å². The first-order chi connectivity index (χ1) is 8.19. The van der Waals surface area contributed by atoms with E-state index in [1.54, 1.807) is 19.2 Å². The standard InChI is InChI=1S/C11H12N4O2/c1-17-10-4-2-3-9(14-10)7-15-11(16)5-8(12)6-13-15/h2-6H,7,12H2,1H3. The summed E-state index contributed by atoms with van der Waals surface area (Å²) in [6, 6.07) is 6.67. The lowest BCUT2D eigenvalue weighted by molar-refractivity contribution is 0.395. The van der Waals surface area contributed by atoms with Gasteiger partial charge >= 0.3 is 0 Å². The second kappa shape index (κ2) is 4.65. The second-order valence-electron chi connectivity index (χ2n) is 3.46. The number of ether oxygens (including phenoxy) is 1. The van der Waals surface area contributed by atoms with E-state index in [9.17, 15) is 4.79 Å². The molecular weight excluding hydrogens is 220 g/mol. The summed E-state index contributed by atoms with van der Waals surface area (Å²) in [4.78, 5) is 15.8. The highest BCUT2D eigenvalue weighted by Crippen LogP contribution is 2.07. The normalized spacial score (nSPS) is 10.2. The third-order valence-electron chi connectivity index (χ3n) is 2.19. The molecule has 0 bridgehead atoms. The maximum Gasteiger partial charge on any atom is 0.269 e. The Kier molecular flexibility index (Phi) is 3.04. The molecule has 88 valence electrons. The Morgan fingerprint density at radius 1 is 1.47 bits per heavy atom. The van der Waals surface area contributed by atoms with Crippen LogP contribution in [0, 0.1) is 0 Å². The number of pyridine rings is 1. The predicted octanol–water partition coefficient (Wildman–Crippen LogP) is 0.277. The van der Waals surface area contributed by atoms with Gasteiger partial charge in [-0.3, -0.25) is 4.79 Å². The minimum Gasteiger partial charge on any atom is -0.481 e. The quantitative estimate of drug-likeness (QED) is 0.821. The first kappa shape index (κ1) is 11.1. The predicted molar refractivity (Wildman–Crippen MR) is 62.8 cm³/mol. The Morgan fingerprint density at radius 3 is 3.00 bits per heavy atom. The zero-order valence-corrected chi connectivity index (χ0v) is 9.33. The van der Waals surface area contributed by atoms with E-state index in [1.807, 2.05) is 6.07 Å². The van der Waals surface area contributed by atoms with Crippen LogP contribution in [0.5, 0.6) is 5.88 Å². The molecule has 17 heavy (non-hydrogen) atoms. The lowest BCUT2D eigenvalue weighted by Gasteiger charge is -2.05. The van der Waals surface area contributed by atoms with Crippen molar-refractivity contribution < 1.29 is 4.74 Å².